The molecule has 1 aromatic heterocycles. The van der Waals surface area contributed by atoms with Crippen LogP contribution in [0.1, 0.15) is 0 Å². The zero-order valence-corrected chi connectivity index (χ0v) is 34.1. The Morgan fingerprint density at radius 1 is 0.226 bits per heavy atom. The fourth-order valence-electron chi connectivity index (χ4n) is 8.86. The van der Waals surface area contributed by atoms with E-state index in [9.17, 15) is 0 Å². The molecule has 0 N–H and O–H groups in total. The van der Waals surface area contributed by atoms with Crippen LogP contribution in [0.5, 0.6) is 0 Å². The molecule has 11 rings (SSSR count). The molecule has 1 heterocycles. The van der Waals surface area contributed by atoms with E-state index in [-0.39, 0.29) is 0 Å². The van der Waals surface area contributed by atoms with Crippen LogP contribution in [-0.2, 0) is 0 Å². The molecule has 0 aliphatic rings. The maximum absolute atomic E-state index is 2.36. The van der Waals surface area contributed by atoms with Crippen LogP contribution in [0.3, 0.4) is 0 Å². The molecule has 62 heavy (non-hydrogen) atoms. The van der Waals surface area contributed by atoms with E-state index >= 15 is 0 Å². The van der Waals surface area contributed by atoms with Gasteiger partial charge in [-0.3, -0.25) is 0 Å². The van der Waals surface area contributed by atoms with Gasteiger partial charge in [0.05, 0.1) is 11.0 Å². The summed E-state index contributed by atoms with van der Waals surface area (Å²) in [5, 5.41) is 2.52. The normalized spacial score (nSPS) is 11.2. The van der Waals surface area contributed by atoms with Crippen molar-refractivity contribution in [2.24, 2.45) is 0 Å². The zero-order chi connectivity index (χ0) is 41.2. The Morgan fingerprint density at radius 2 is 0.565 bits per heavy atom. The van der Waals surface area contributed by atoms with Gasteiger partial charge in [0.15, 0.2) is 0 Å². The summed E-state index contributed by atoms with van der Waals surface area (Å²) < 4.78 is 2.36. The van der Waals surface area contributed by atoms with Crippen molar-refractivity contribution in [1.82, 2.24) is 4.57 Å². The van der Waals surface area contributed by atoms with Gasteiger partial charge in [-0.2, -0.15) is 0 Å². The van der Waals surface area contributed by atoms with E-state index in [2.05, 4.69) is 264 Å². The minimum absolute atomic E-state index is 1.10. The van der Waals surface area contributed by atoms with Crippen molar-refractivity contribution in [3.05, 3.63) is 255 Å². The number of nitrogens with zero attached hydrogens (tertiary/aromatic N) is 2. The lowest BCUT2D eigenvalue weighted by Gasteiger charge is -2.26. The molecule has 0 amide bonds. The fourth-order valence-corrected chi connectivity index (χ4v) is 8.86. The first-order valence-electron chi connectivity index (χ1n) is 21.2. The molecule has 11 aromatic rings. The number of hydrogen-bond acceptors (Lipinski definition) is 1. The van der Waals surface area contributed by atoms with Gasteiger partial charge in [0.1, 0.15) is 0 Å². The number of para-hydroxylation sites is 2. The van der Waals surface area contributed by atoms with Gasteiger partial charge in [0.25, 0.3) is 0 Å². The van der Waals surface area contributed by atoms with E-state index in [0.717, 1.165) is 17.1 Å². The molecule has 0 saturated heterocycles. The molecule has 0 unspecified atom stereocenters. The molecule has 0 atom stereocenters. The first-order chi connectivity index (χ1) is 30.7. The average molecular weight is 791 g/mol. The van der Waals surface area contributed by atoms with Gasteiger partial charge in [0.2, 0.25) is 0 Å². The number of fused-ring (bicyclic) bond motifs is 3. The highest BCUT2D eigenvalue weighted by molar-refractivity contribution is 6.10. The molecular formula is C60H42N2. The number of aromatic nitrogens is 1. The second kappa shape index (κ2) is 16.1. The number of benzene rings is 10. The lowest BCUT2D eigenvalue weighted by Crippen LogP contribution is -2.09. The molecule has 0 bridgehead atoms. The number of rotatable bonds is 9. The first-order valence-corrected chi connectivity index (χ1v) is 21.2. The number of anilines is 3. The van der Waals surface area contributed by atoms with Gasteiger partial charge >= 0.3 is 0 Å². The Kier molecular flexibility index (Phi) is 9.57. The van der Waals surface area contributed by atoms with Crippen molar-refractivity contribution in [2.45, 2.75) is 0 Å². The summed E-state index contributed by atoms with van der Waals surface area (Å²) in [6.45, 7) is 0. The monoisotopic (exact) mass is 790 g/mol. The van der Waals surface area contributed by atoms with Gasteiger partial charge < -0.3 is 9.47 Å². The van der Waals surface area contributed by atoms with E-state index < -0.39 is 0 Å². The van der Waals surface area contributed by atoms with Gasteiger partial charge in [-0.05, 0) is 128 Å². The van der Waals surface area contributed by atoms with Crippen molar-refractivity contribution in [1.29, 1.82) is 0 Å². The van der Waals surface area contributed by atoms with Crippen molar-refractivity contribution in [2.75, 3.05) is 4.90 Å². The molecule has 2 nitrogen and oxygen atoms in total. The maximum atomic E-state index is 2.36. The summed E-state index contributed by atoms with van der Waals surface area (Å²) in [4.78, 5) is 2.34. The third-order valence-corrected chi connectivity index (χ3v) is 12.0. The largest absolute Gasteiger partial charge is 0.311 e. The van der Waals surface area contributed by atoms with Crippen molar-refractivity contribution in [3.63, 3.8) is 0 Å². The number of hydrogen-bond donors (Lipinski definition) is 0. The van der Waals surface area contributed by atoms with Gasteiger partial charge in [-0.15, -0.1) is 0 Å². The van der Waals surface area contributed by atoms with Crippen molar-refractivity contribution >= 4 is 38.9 Å². The van der Waals surface area contributed by atoms with Crippen LogP contribution in [0.4, 0.5) is 17.1 Å². The minimum atomic E-state index is 1.10. The SMILES string of the molecule is c1ccc(-c2ccc(N(c3ccc(-c4ccc(-c5ccc6c(c5)c5ccccc5n6-c5ccccc5)cc4)cc3)c3ccc(-c4cccc(-c5ccccc5)c4)cc3)cc2)cc1. The molecular weight excluding hydrogens is 749 g/mol. The molecule has 0 spiro atoms. The summed E-state index contributed by atoms with van der Waals surface area (Å²) in [5.74, 6) is 0. The van der Waals surface area contributed by atoms with Gasteiger partial charge in [-0.1, -0.05) is 182 Å². The summed E-state index contributed by atoms with van der Waals surface area (Å²) in [7, 11) is 0. The van der Waals surface area contributed by atoms with E-state index in [1.807, 2.05) is 0 Å². The summed E-state index contributed by atoms with van der Waals surface area (Å²) in [6.07, 6.45) is 0. The fraction of sp³-hybridized carbons (Fsp3) is 0. The molecule has 292 valence electrons. The topological polar surface area (TPSA) is 8.17 Å². The Hall–Kier alpha value is -8.20. The summed E-state index contributed by atoms with van der Waals surface area (Å²) in [6, 6.07) is 91.9. The smallest absolute Gasteiger partial charge is 0.0541 e. The predicted octanol–water partition coefficient (Wildman–Crippen LogP) is 16.6. The lowest BCUT2D eigenvalue weighted by atomic mass is 9.98. The second-order valence-electron chi connectivity index (χ2n) is 15.8. The summed E-state index contributed by atoms with van der Waals surface area (Å²) >= 11 is 0. The predicted molar refractivity (Wildman–Crippen MR) is 263 cm³/mol. The highest BCUT2D eigenvalue weighted by Crippen LogP contribution is 2.39. The standard InChI is InChI=1S/C60H42N2/c1-4-13-43(14-5-1)46-27-34-54(35-28-46)61(56-38-31-49(32-39-56)51-18-12-17-50(41-51)44-15-6-2-7-16-44)55-36-29-47(30-37-55)45-23-25-48(26-24-45)52-33-40-60-58(42-52)57-21-10-11-22-59(57)62(60)53-19-8-3-9-20-53/h1-42H. The third-order valence-electron chi connectivity index (χ3n) is 12.0. The molecule has 10 aromatic carbocycles. The van der Waals surface area contributed by atoms with Crippen LogP contribution in [-0.4, -0.2) is 4.57 Å². The Balaban J connectivity index is 0.899. The van der Waals surface area contributed by atoms with E-state index in [1.54, 1.807) is 0 Å². The first kappa shape index (κ1) is 36.8. The molecule has 0 radical (unpaired) electrons. The van der Waals surface area contributed by atoms with Gasteiger partial charge in [0, 0.05) is 33.5 Å². The van der Waals surface area contributed by atoms with Crippen LogP contribution in [0.25, 0.3) is 83.1 Å². The van der Waals surface area contributed by atoms with E-state index in [1.165, 1.54) is 83.1 Å². The second-order valence-corrected chi connectivity index (χ2v) is 15.8. The van der Waals surface area contributed by atoms with Crippen LogP contribution in [0.2, 0.25) is 0 Å². The third kappa shape index (κ3) is 7.04. The van der Waals surface area contributed by atoms with Crippen LogP contribution >= 0.6 is 0 Å². The van der Waals surface area contributed by atoms with Crippen molar-refractivity contribution in [3.8, 4) is 61.3 Å². The van der Waals surface area contributed by atoms with E-state index in [0.29, 0.717) is 0 Å². The molecule has 0 fully saturated rings. The highest BCUT2D eigenvalue weighted by atomic mass is 15.1. The Morgan fingerprint density at radius 3 is 1.08 bits per heavy atom. The van der Waals surface area contributed by atoms with E-state index in [4.69, 9.17) is 0 Å². The average Bonchev–Trinajstić information content (AvgIpc) is 3.69. The molecule has 2 heteroatoms. The van der Waals surface area contributed by atoms with Crippen LogP contribution in [0, 0.1) is 0 Å². The quantitative estimate of drug-likeness (QED) is 0.141. The molecule has 0 aliphatic heterocycles. The Labute approximate surface area is 362 Å². The zero-order valence-electron chi connectivity index (χ0n) is 34.1. The molecule has 0 aliphatic carbocycles. The Bertz CT molecular complexity index is 3280. The van der Waals surface area contributed by atoms with Crippen LogP contribution < -0.4 is 4.90 Å². The minimum Gasteiger partial charge on any atom is -0.311 e. The van der Waals surface area contributed by atoms with Crippen LogP contribution in [0.15, 0.2) is 255 Å². The maximum Gasteiger partial charge on any atom is 0.0541 e. The lowest BCUT2D eigenvalue weighted by molar-refractivity contribution is 1.18. The van der Waals surface area contributed by atoms with Gasteiger partial charge in [-0.25, -0.2) is 0 Å². The summed E-state index contributed by atoms with van der Waals surface area (Å²) in [5.41, 5.74) is 18.9. The highest BCUT2D eigenvalue weighted by Gasteiger charge is 2.16. The van der Waals surface area contributed by atoms with Crippen molar-refractivity contribution < 1.29 is 0 Å². The molecule has 0 saturated carbocycles.